The van der Waals surface area contributed by atoms with E-state index in [1.807, 2.05) is 17.8 Å². The number of benzene rings is 1. The van der Waals surface area contributed by atoms with E-state index in [-0.39, 0.29) is 5.82 Å². The number of halogens is 2. The highest BCUT2D eigenvalue weighted by atomic mass is 35.5. The zero-order valence-corrected chi connectivity index (χ0v) is 12.2. The average molecular weight is 288 g/mol. The molecule has 1 aromatic rings. The molecule has 0 aliphatic carbocycles. The number of nitrogens with one attached hydrogen (secondary N) is 1. The van der Waals surface area contributed by atoms with Crippen molar-refractivity contribution in [3.63, 3.8) is 0 Å². The molecule has 1 aliphatic heterocycles. The van der Waals surface area contributed by atoms with E-state index in [9.17, 15) is 4.39 Å². The third-order valence-electron chi connectivity index (χ3n) is 3.33. The standard InChI is InChI=1S/C14H19ClFNS/c1-2-17-13(14-4-3-7-18-14)8-10-5-6-11(16)9-12(10)15/h5-6,9,13-14,17H,2-4,7-8H2,1H3. The number of hydrogen-bond donors (Lipinski definition) is 1. The van der Waals surface area contributed by atoms with E-state index < -0.39 is 0 Å². The Morgan fingerprint density at radius 3 is 3.00 bits per heavy atom. The van der Waals surface area contributed by atoms with Crippen LogP contribution in [0.15, 0.2) is 18.2 Å². The lowest BCUT2D eigenvalue weighted by Crippen LogP contribution is -2.39. The molecule has 1 nitrogen and oxygen atoms in total. The van der Waals surface area contributed by atoms with Gasteiger partial charge in [-0.1, -0.05) is 24.6 Å². The Morgan fingerprint density at radius 1 is 1.56 bits per heavy atom. The highest BCUT2D eigenvalue weighted by Crippen LogP contribution is 2.31. The minimum atomic E-state index is -0.265. The van der Waals surface area contributed by atoms with E-state index >= 15 is 0 Å². The van der Waals surface area contributed by atoms with Crippen molar-refractivity contribution in [3.8, 4) is 0 Å². The van der Waals surface area contributed by atoms with E-state index in [1.165, 1.54) is 30.7 Å². The van der Waals surface area contributed by atoms with Crippen LogP contribution in [0, 0.1) is 5.82 Å². The van der Waals surface area contributed by atoms with Gasteiger partial charge in [0, 0.05) is 16.3 Å². The van der Waals surface area contributed by atoms with Crippen molar-refractivity contribution in [2.75, 3.05) is 12.3 Å². The summed E-state index contributed by atoms with van der Waals surface area (Å²) >= 11 is 8.14. The summed E-state index contributed by atoms with van der Waals surface area (Å²) in [6.07, 6.45) is 3.44. The molecule has 1 saturated heterocycles. The third kappa shape index (κ3) is 3.62. The van der Waals surface area contributed by atoms with Gasteiger partial charge in [-0.3, -0.25) is 0 Å². The topological polar surface area (TPSA) is 12.0 Å². The lowest BCUT2D eigenvalue weighted by Gasteiger charge is -2.24. The number of rotatable bonds is 5. The largest absolute Gasteiger partial charge is 0.313 e. The van der Waals surface area contributed by atoms with Crippen molar-refractivity contribution in [2.45, 2.75) is 37.5 Å². The maximum absolute atomic E-state index is 13.0. The zero-order chi connectivity index (χ0) is 13.0. The molecule has 2 rings (SSSR count). The van der Waals surface area contributed by atoms with Gasteiger partial charge in [-0.05, 0) is 49.3 Å². The highest BCUT2D eigenvalue weighted by molar-refractivity contribution is 8.00. The molecule has 1 aromatic carbocycles. The van der Waals surface area contributed by atoms with Crippen LogP contribution in [0.2, 0.25) is 5.02 Å². The summed E-state index contributed by atoms with van der Waals surface area (Å²) in [4.78, 5) is 0. The van der Waals surface area contributed by atoms with Gasteiger partial charge in [-0.15, -0.1) is 0 Å². The van der Waals surface area contributed by atoms with Gasteiger partial charge in [-0.2, -0.15) is 11.8 Å². The molecule has 0 aromatic heterocycles. The first-order valence-corrected chi connectivity index (χ1v) is 7.92. The molecular formula is C14H19ClFNS. The minimum absolute atomic E-state index is 0.265. The van der Waals surface area contributed by atoms with Gasteiger partial charge in [0.05, 0.1) is 0 Å². The summed E-state index contributed by atoms with van der Waals surface area (Å²) < 4.78 is 13.0. The lowest BCUT2D eigenvalue weighted by molar-refractivity contribution is 0.495. The maximum atomic E-state index is 13.0. The van der Waals surface area contributed by atoms with Crippen LogP contribution in [0.1, 0.15) is 25.3 Å². The van der Waals surface area contributed by atoms with Crippen molar-refractivity contribution in [3.05, 3.63) is 34.6 Å². The fraction of sp³-hybridized carbons (Fsp3) is 0.571. The van der Waals surface area contributed by atoms with Gasteiger partial charge in [0.15, 0.2) is 0 Å². The third-order valence-corrected chi connectivity index (χ3v) is 5.20. The van der Waals surface area contributed by atoms with Gasteiger partial charge in [0.2, 0.25) is 0 Å². The van der Waals surface area contributed by atoms with Crippen molar-refractivity contribution < 1.29 is 4.39 Å². The molecule has 0 spiro atoms. The molecule has 2 atom stereocenters. The zero-order valence-electron chi connectivity index (χ0n) is 10.6. The normalized spacial score (nSPS) is 21.2. The molecule has 1 N–H and O–H groups in total. The summed E-state index contributed by atoms with van der Waals surface area (Å²) in [5.74, 6) is 0.989. The Bertz CT molecular complexity index is 393. The monoisotopic (exact) mass is 287 g/mol. The molecule has 4 heteroatoms. The Hall–Kier alpha value is -0.250. The Morgan fingerprint density at radius 2 is 2.39 bits per heavy atom. The van der Waals surface area contributed by atoms with Crippen LogP contribution < -0.4 is 5.32 Å². The van der Waals surface area contributed by atoms with E-state index in [0.29, 0.717) is 16.3 Å². The summed E-state index contributed by atoms with van der Waals surface area (Å²) in [5.41, 5.74) is 1.04. The molecule has 0 bridgehead atoms. The fourth-order valence-electron chi connectivity index (χ4n) is 2.44. The number of likely N-dealkylation sites (N-methyl/N-ethyl adjacent to an activating group) is 1. The molecular weight excluding hydrogens is 269 g/mol. The molecule has 0 saturated carbocycles. The van der Waals surface area contributed by atoms with Crippen LogP contribution in [-0.2, 0) is 6.42 Å². The molecule has 2 unspecified atom stereocenters. The first-order valence-electron chi connectivity index (χ1n) is 6.49. The molecule has 1 fully saturated rings. The molecule has 1 aliphatic rings. The Balaban J connectivity index is 2.07. The predicted octanol–water partition coefficient (Wildman–Crippen LogP) is 3.90. The van der Waals surface area contributed by atoms with Crippen LogP contribution in [-0.4, -0.2) is 23.6 Å². The molecule has 100 valence electrons. The second-order valence-electron chi connectivity index (χ2n) is 4.66. The molecule has 1 heterocycles. The second kappa shape index (κ2) is 6.78. The maximum Gasteiger partial charge on any atom is 0.124 e. The molecule has 0 radical (unpaired) electrons. The van der Waals surface area contributed by atoms with Gasteiger partial charge in [0.1, 0.15) is 5.82 Å². The van der Waals surface area contributed by atoms with Crippen LogP contribution in [0.3, 0.4) is 0 Å². The number of thioether (sulfide) groups is 1. The second-order valence-corrected chi connectivity index (χ2v) is 6.41. The van der Waals surface area contributed by atoms with Gasteiger partial charge < -0.3 is 5.32 Å². The van der Waals surface area contributed by atoms with Crippen LogP contribution in [0.5, 0.6) is 0 Å². The highest BCUT2D eigenvalue weighted by Gasteiger charge is 2.25. The Kier molecular flexibility index (Phi) is 5.34. The first-order chi connectivity index (χ1) is 8.70. The van der Waals surface area contributed by atoms with E-state index in [4.69, 9.17) is 11.6 Å². The fourth-order valence-corrected chi connectivity index (χ4v) is 4.08. The molecule has 0 amide bonds. The van der Waals surface area contributed by atoms with E-state index in [1.54, 1.807) is 0 Å². The van der Waals surface area contributed by atoms with Crippen molar-refractivity contribution in [1.29, 1.82) is 0 Å². The average Bonchev–Trinajstić information content (AvgIpc) is 2.85. The summed E-state index contributed by atoms with van der Waals surface area (Å²) in [6.45, 7) is 3.08. The van der Waals surface area contributed by atoms with E-state index in [2.05, 4.69) is 12.2 Å². The smallest absolute Gasteiger partial charge is 0.124 e. The van der Waals surface area contributed by atoms with E-state index in [0.717, 1.165) is 18.5 Å². The van der Waals surface area contributed by atoms with Crippen molar-refractivity contribution in [2.24, 2.45) is 0 Å². The summed E-state index contributed by atoms with van der Waals surface area (Å²) in [5, 5.41) is 4.74. The minimum Gasteiger partial charge on any atom is -0.313 e. The SMILES string of the molecule is CCNC(Cc1ccc(F)cc1Cl)C1CCCS1. The van der Waals surface area contributed by atoms with Gasteiger partial charge >= 0.3 is 0 Å². The quantitative estimate of drug-likeness (QED) is 0.882. The van der Waals surface area contributed by atoms with Crippen molar-refractivity contribution >= 4 is 23.4 Å². The predicted molar refractivity (Wildman–Crippen MR) is 78.1 cm³/mol. The lowest BCUT2D eigenvalue weighted by atomic mass is 10.0. The summed E-state index contributed by atoms with van der Waals surface area (Å²) in [7, 11) is 0. The van der Waals surface area contributed by atoms with Crippen LogP contribution in [0.4, 0.5) is 4.39 Å². The van der Waals surface area contributed by atoms with Crippen molar-refractivity contribution in [1.82, 2.24) is 5.32 Å². The summed E-state index contributed by atoms with van der Waals surface area (Å²) in [6, 6.07) is 5.14. The van der Waals surface area contributed by atoms with Gasteiger partial charge in [0.25, 0.3) is 0 Å². The van der Waals surface area contributed by atoms with Gasteiger partial charge in [-0.25, -0.2) is 4.39 Å². The van der Waals surface area contributed by atoms with Crippen LogP contribution in [0.25, 0.3) is 0 Å². The first kappa shape index (κ1) is 14.2. The Labute approximate surface area is 117 Å². The van der Waals surface area contributed by atoms with Crippen LogP contribution >= 0.6 is 23.4 Å². The molecule has 18 heavy (non-hydrogen) atoms. The number of hydrogen-bond acceptors (Lipinski definition) is 2.